The molecule has 0 saturated carbocycles. The zero-order chi connectivity index (χ0) is 14.0. The molecule has 1 aromatic rings. The molecule has 0 fully saturated rings. The van der Waals surface area contributed by atoms with Crippen LogP contribution in [0.2, 0.25) is 0 Å². The molecule has 0 spiro atoms. The van der Waals surface area contributed by atoms with Crippen molar-refractivity contribution in [3.8, 4) is 0 Å². The van der Waals surface area contributed by atoms with Crippen LogP contribution in [0.5, 0.6) is 0 Å². The van der Waals surface area contributed by atoms with E-state index in [1.54, 1.807) is 6.08 Å². The number of nitrogens with two attached hydrogens (primary N) is 1. The minimum Gasteiger partial charge on any atom is -0.350 e. The van der Waals surface area contributed by atoms with Crippen LogP contribution in [0, 0.1) is 0 Å². The lowest BCUT2D eigenvalue weighted by atomic mass is 10.0. The van der Waals surface area contributed by atoms with Crippen molar-refractivity contribution in [1.82, 2.24) is 5.06 Å². The Kier molecular flexibility index (Phi) is 3.48. The van der Waals surface area contributed by atoms with Gasteiger partial charge in [-0.1, -0.05) is 18.2 Å². The van der Waals surface area contributed by atoms with Crippen LogP contribution in [0.15, 0.2) is 30.3 Å². The topological polar surface area (TPSA) is 55.6 Å². The van der Waals surface area contributed by atoms with Gasteiger partial charge in [0.1, 0.15) is 0 Å². The standard InChI is InChI=1S/C12H11F3N2O2/c13-12(14,15)10-3-1-8(2-4-10)9-5-6-19-17(7-9)11(16)18/h1-5H,6-7H2,(H2,16,18). The summed E-state index contributed by atoms with van der Waals surface area (Å²) in [5, 5.41) is 0.965. The molecular formula is C12H11F3N2O2. The molecule has 0 bridgehead atoms. The van der Waals surface area contributed by atoms with E-state index in [4.69, 9.17) is 10.6 Å². The van der Waals surface area contributed by atoms with Crippen molar-refractivity contribution >= 4 is 11.6 Å². The maximum atomic E-state index is 12.4. The Morgan fingerprint density at radius 2 is 1.89 bits per heavy atom. The molecule has 1 aromatic carbocycles. The Labute approximate surface area is 107 Å². The normalized spacial score (nSPS) is 16.2. The number of hydrogen-bond acceptors (Lipinski definition) is 2. The van der Waals surface area contributed by atoms with Crippen LogP contribution in [0.25, 0.3) is 5.57 Å². The van der Waals surface area contributed by atoms with Gasteiger partial charge in [0.25, 0.3) is 0 Å². The average Bonchev–Trinajstić information content (AvgIpc) is 2.38. The minimum absolute atomic E-state index is 0.112. The molecular weight excluding hydrogens is 261 g/mol. The van der Waals surface area contributed by atoms with Crippen molar-refractivity contribution in [2.45, 2.75) is 6.18 Å². The van der Waals surface area contributed by atoms with Gasteiger partial charge < -0.3 is 5.73 Å². The van der Waals surface area contributed by atoms with Gasteiger partial charge in [-0.25, -0.2) is 4.79 Å². The Bertz CT molecular complexity index is 509. The maximum absolute atomic E-state index is 12.4. The highest BCUT2D eigenvalue weighted by Crippen LogP contribution is 2.30. The highest BCUT2D eigenvalue weighted by atomic mass is 19.4. The number of carbonyl (C=O) groups excluding carboxylic acids is 1. The van der Waals surface area contributed by atoms with Crippen LogP contribution in [0.1, 0.15) is 11.1 Å². The number of amides is 2. The lowest BCUT2D eigenvalue weighted by Crippen LogP contribution is -2.39. The Balaban J connectivity index is 2.19. The first kappa shape index (κ1) is 13.4. The first-order valence-corrected chi connectivity index (χ1v) is 5.44. The number of benzene rings is 1. The number of urea groups is 1. The highest BCUT2D eigenvalue weighted by Gasteiger charge is 2.30. The van der Waals surface area contributed by atoms with Gasteiger partial charge in [0.05, 0.1) is 18.7 Å². The van der Waals surface area contributed by atoms with Crippen LogP contribution >= 0.6 is 0 Å². The van der Waals surface area contributed by atoms with E-state index in [1.807, 2.05) is 0 Å². The number of rotatable bonds is 1. The molecule has 7 heteroatoms. The molecule has 2 N–H and O–H groups in total. The third kappa shape index (κ3) is 3.05. The predicted octanol–water partition coefficient (Wildman–Crippen LogP) is 2.41. The number of carbonyl (C=O) groups is 1. The third-order valence-electron chi connectivity index (χ3n) is 2.70. The summed E-state index contributed by atoms with van der Waals surface area (Å²) in [5.41, 5.74) is 5.66. The quantitative estimate of drug-likeness (QED) is 0.853. The maximum Gasteiger partial charge on any atom is 0.416 e. The van der Waals surface area contributed by atoms with E-state index >= 15 is 0 Å². The number of halogens is 3. The number of nitrogens with zero attached hydrogens (tertiary/aromatic N) is 1. The lowest BCUT2D eigenvalue weighted by molar-refractivity contribution is -0.137. The second kappa shape index (κ2) is 4.93. The smallest absolute Gasteiger partial charge is 0.350 e. The van der Waals surface area contributed by atoms with Gasteiger partial charge in [0.15, 0.2) is 0 Å². The summed E-state index contributed by atoms with van der Waals surface area (Å²) < 4.78 is 37.3. The minimum atomic E-state index is -4.36. The fourth-order valence-corrected chi connectivity index (χ4v) is 1.72. The fourth-order valence-electron chi connectivity index (χ4n) is 1.72. The number of primary amides is 1. The van der Waals surface area contributed by atoms with Crippen molar-refractivity contribution in [2.75, 3.05) is 13.2 Å². The lowest BCUT2D eigenvalue weighted by Gasteiger charge is -2.25. The highest BCUT2D eigenvalue weighted by molar-refractivity contribution is 5.76. The molecule has 1 heterocycles. The van der Waals surface area contributed by atoms with Gasteiger partial charge >= 0.3 is 12.2 Å². The SMILES string of the molecule is NC(=O)N1CC(c2ccc(C(F)(F)F)cc2)=CCO1. The predicted molar refractivity (Wildman–Crippen MR) is 61.7 cm³/mol. The van der Waals surface area contributed by atoms with Gasteiger partial charge in [0, 0.05) is 0 Å². The van der Waals surface area contributed by atoms with E-state index in [-0.39, 0.29) is 13.2 Å². The van der Waals surface area contributed by atoms with Gasteiger partial charge in [-0.3, -0.25) is 4.84 Å². The Hall–Kier alpha value is -2.02. The van der Waals surface area contributed by atoms with E-state index in [2.05, 4.69) is 0 Å². The van der Waals surface area contributed by atoms with E-state index in [0.29, 0.717) is 11.1 Å². The average molecular weight is 272 g/mol. The zero-order valence-electron chi connectivity index (χ0n) is 9.78. The molecule has 0 atom stereocenters. The number of hydrogen-bond donors (Lipinski definition) is 1. The second-order valence-electron chi connectivity index (χ2n) is 3.98. The van der Waals surface area contributed by atoms with Crippen LogP contribution < -0.4 is 5.73 Å². The molecule has 0 radical (unpaired) electrons. The van der Waals surface area contributed by atoms with Gasteiger partial charge in [-0.05, 0) is 23.3 Å². The van der Waals surface area contributed by atoms with Crippen molar-refractivity contribution in [3.63, 3.8) is 0 Å². The molecule has 0 aliphatic carbocycles. The van der Waals surface area contributed by atoms with Crippen molar-refractivity contribution in [3.05, 3.63) is 41.5 Å². The molecule has 102 valence electrons. The van der Waals surface area contributed by atoms with Gasteiger partial charge in [0.2, 0.25) is 0 Å². The molecule has 0 saturated heterocycles. The molecule has 2 rings (SSSR count). The van der Waals surface area contributed by atoms with Crippen LogP contribution in [-0.2, 0) is 11.0 Å². The van der Waals surface area contributed by atoms with Crippen molar-refractivity contribution in [1.29, 1.82) is 0 Å². The summed E-state index contributed by atoms with van der Waals surface area (Å²) >= 11 is 0. The van der Waals surface area contributed by atoms with E-state index in [1.165, 1.54) is 12.1 Å². The summed E-state index contributed by atoms with van der Waals surface area (Å²) in [6.07, 6.45) is -2.66. The Morgan fingerprint density at radius 1 is 1.26 bits per heavy atom. The molecule has 19 heavy (non-hydrogen) atoms. The molecule has 1 aliphatic heterocycles. The van der Waals surface area contributed by atoms with Gasteiger partial charge in [-0.15, -0.1) is 0 Å². The molecule has 1 aliphatic rings. The van der Waals surface area contributed by atoms with Crippen molar-refractivity contribution < 1.29 is 22.8 Å². The Morgan fingerprint density at radius 3 is 2.42 bits per heavy atom. The summed E-state index contributed by atoms with van der Waals surface area (Å²) in [7, 11) is 0. The summed E-state index contributed by atoms with van der Waals surface area (Å²) in [4.78, 5) is 15.9. The van der Waals surface area contributed by atoms with E-state index in [9.17, 15) is 18.0 Å². The van der Waals surface area contributed by atoms with Crippen LogP contribution in [-0.4, -0.2) is 24.2 Å². The monoisotopic (exact) mass is 272 g/mol. The largest absolute Gasteiger partial charge is 0.416 e. The first-order valence-electron chi connectivity index (χ1n) is 5.44. The fraction of sp³-hybridized carbons (Fsp3) is 0.250. The molecule has 0 unspecified atom stereocenters. The summed E-state index contributed by atoms with van der Waals surface area (Å²) in [5.74, 6) is 0. The summed E-state index contributed by atoms with van der Waals surface area (Å²) in [6.45, 7) is 0.264. The molecule has 4 nitrogen and oxygen atoms in total. The van der Waals surface area contributed by atoms with Crippen LogP contribution in [0.3, 0.4) is 0 Å². The summed E-state index contributed by atoms with van der Waals surface area (Å²) in [6, 6.07) is 3.98. The second-order valence-corrected chi connectivity index (χ2v) is 3.98. The number of alkyl halides is 3. The van der Waals surface area contributed by atoms with E-state index in [0.717, 1.165) is 17.2 Å². The van der Waals surface area contributed by atoms with E-state index < -0.39 is 17.8 Å². The first-order chi connectivity index (χ1) is 8.88. The van der Waals surface area contributed by atoms with Gasteiger partial charge in [-0.2, -0.15) is 18.2 Å². The number of hydroxylamine groups is 2. The van der Waals surface area contributed by atoms with Crippen molar-refractivity contribution in [2.24, 2.45) is 5.73 Å². The molecule has 0 aromatic heterocycles. The zero-order valence-corrected chi connectivity index (χ0v) is 9.78. The third-order valence-corrected chi connectivity index (χ3v) is 2.70. The van der Waals surface area contributed by atoms with Crippen LogP contribution in [0.4, 0.5) is 18.0 Å². The molecule has 2 amide bonds.